The number of ether oxygens (including phenoxy) is 1. The first-order chi connectivity index (χ1) is 12.2. The van der Waals surface area contributed by atoms with Crippen LogP contribution in [0.1, 0.15) is 70.3 Å². The fourth-order valence-electron chi connectivity index (χ4n) is 4.46. The maximum atomic E-state index is 13.0. The number of Topliss-reactive ketones (excluding diaryl/α,β-unsaturated/α-hetero) is 1. The first-order valence-corrected chi connectivity index (χ1v) is 11.1. The molecule has 4 rings (SSSR count). The molecule has 2 heterocycles. The lowest BCUT2D eigenvalue weighted by molar-refractivity contribution is -0.157. The zero-order valence-corrected chi connectivity index (χ0v) is 16.5. The summed E-state index contributed by atoms with van der Waals surface area (Å²) in [5, 5.41) is 0.614. The van der Waals surface area contributed by atoms with Gasteiger partial charge in [-0.25, -0.2) is 0 Å². The number of hydrogen-bond donors (Lipinski definition) is 0. The fourth-order valence-corrected chi connectivity index (χ4v) is 5.80. The lowest BCUT2D eigenvalue weighted by Gasteiger charge is -2.46. The van der Waals surface area contributed by atoms with Crippen LogP contribution < -0.4 is 0 Å². The van der Waals surface area contributed by atoms with E-state index >= 15 is 0 Å². The van der Waals surface area contributed by atoms with Gasteiger partial charge in [-0.1, -0.05) is 50.6 Å². The molecule has 5 unspecified atom stereocenters. The highest BCUT2D eigenvalue weighted by atomic mass is 32.2. The van der Waals surface area contributed by atoms with Gasteiger partial charge in [0.25, 0.3) is 0 Å². The van der Waals surface area contributed by atoms with E-state index in [1.165, 1.54) is 30.6 Å². The second-order valence-electron chi connectivity index (χ2n) is 7.64. The topological polar surface area (TPSA) is 26.3 Å². The van der Waals surface area contributed by atoms with Gasteiger partial charge in [-0.2, -0.15) is 11.8 Å². The van der Waals surface area contributed by atoms with E-state index in [1.54, 1.807) is 0 Å². The van der Waals surface area contributed by atoms with E-state index in [-0.39, 0.29) is 6.10 Å². The molecular weight excluding hydrogens is 328 g/mol. The Balaban J connectivity index is 1.61. The monoisotopic (exact) mass is 360 g/mol. The lowest BCUT2D eigenvalue weighted by atomic mass is 9.76. The molecule has 0 aromatic heterocycles. The molecule has 0 N–H and O–H groups in total. The van der Waals surface area contributed by atoms with E-state index in [4.69, 9.17) is 4.74 Å². The largest absolute Gasteiger partial charge is 0.366 e. The Hall–Kier alpha value is -0.800. The van der Waals surface area contributed by atoms with Crippen molar-refractivity contribution in [1.29, 1.82) is 0 Å². The summed E-state index contributed by atoms with van der Waals surface area (Å²) < 4.78 is 6.30. The number of rotatable bonds is 9. The maximum absolute atomic E-state index is 13.0. The third kappa shape index (κ3) is 4.68. The molecule has 25 heavy (non-hydrogen) atoms. The number of carbonyl (C=O) groups excluding carboxylic acids is 1. The van der Waals surface area contributed by atoms with Crippen molar-refractivity contribution in [3.63, 3.8) is 0 Å². The highest BCUT2D eigenvalue weighted by Crippen LogP contribution is 2.44. The zero-order valence-electron chi connectivity index (χ0n) is 15.7. The van der Waals surface area contributed by atoms with Crippen molar-refractivity contribution in [3.05, 3.63) is 35.9 Å². The molecular formula is C22H32O2S. The molecule has 3 fully saturated rings. The van der Waals surface area contributed by atoms with Crippen molar-refractivity contribution >= 4 is 17.5 Å². The molecule has 3 heteroatoms. The highest BCUT2D eigenvalue weighted by molar-refractivity contribution is 7.99. The molecule has 0 spiro atoms. The predicted molar refractivity (Wildman–Crippen MR) is 106 cm³/mol. The molecule has 1 aliphatic carbocycles. The van der Waals surface area contributed by atoms with Gasteiger partial charge in [-0.05, 0) is 55.3 Å². The second kappa shape index (κ2) is 9.23. The molecule has 2 nitrogen and oxygen atoms in total. The molecule has 0 amide bonds. The molecule has 2 aliphatic heterocycles. The summed E-state index contributed by atoms with van der Waals surface area (Å²) in [6.07, 6.45) is 7.70. The molecule has 1 aromatic carbocycles. The number of hydrogen-bond acceptors (Lipinski definition) is 3. The van der Waals surface area contributed by atoms with Crippen LogP contribution in [0.5, 0.6) is 0 Å². The van der Waals surface area contributed by atoms with Crippen molar-refractivity contribution in [2.24, 2.45) is 5.92 Å². The molecule has 3 aliphatic rings. The van der Waals surface area contributed by atoms with Crippen LogP contribution in [-0.4, -0.2) is 29.0 Å². The SMILES string of the molecule is CCCSC1CC2CCC1OC2C(=O)CC(CCC)c1ccccc1. The van der Waals surface area contributed by atoms with Gasteiger partial charge in [-0.3, -0.25) is 4.79 Å². The van der Waals surface area contributed by atoms with Crippen LogP contribution in [0.4, 0.5) is 0 Å². The van der Waals surface area contributed by atoms with Gasteiger partial charge < -0.3 is 4.74 Å². The van der Waals surface area contributed by atoms with Crippen LogP contribution in [0.25, 0.3) is 0 Å². The molecule has 138 valence electrons. The molecule has 0 radical (unpaired) electrons. The third-order valence-corrected chi connectivity index (χ3v) is 7.30. The van der Waals surface area contributed by atoms with Crippen LogP contribution in [0.2, 0.25) is 0 Å². The number of fused-ring (bicyclic) bond motifs is 3. The zero-order chi connectivity index (χ0) is 17.6. The van der Waals surface area contributed by atoms with Crippen LogP contribution in [0, 0.1) is 5.92 Å². The molecule has 2 bridgehead atoms. The smallest absolute Gasteiger partial charge is 0.162 e. The quantitative estimate of drug-likeness (QED) is 0.572. The minimum Gasteiger partial charge on any atom is -0.366 e. The van der Waals surface area contributed by atoms with Crippen molar-refractivity contribution in [1.82, 2.24) is 0 Å². The average molecular weight is 361 g/mol. The van der Waals surface area contributed by atoms with Gasteiger partial charge in [0, 0.05) is 11.7 Å². The van der Waals surface area contributed by atoms with Gasteiger partial charge in [0.1, 0.15) is 6.10 Å². The van der Waals surface area contributed by atoms with Gasteiger partial charge in [0.2, 0.25) is 0 Å². The van der Waals surface area contributed by atoms with E-state index in [9.17, 15) is 4.79 Å². The Kier molecular flexibility index (Phi) is 7.00. The third-order valence-electron chi connectivity index (χ3n) is 5.73. The minimum atomic E-state index is -0.139. The van der Waals surface area contributed by atoms with E-state index in [0.29, 0.717) is 35.4 Å². The van der Waals surface area contributed by atoms with E-state index in [0.717, 1.165) is 19.3 Å². The highest BCUT2D eigenvalue weighted by Gasteiger charge is 2.45. The Bertz CT molecular complexity index is 544. The number of thioether (sulfide) groups is 1. The normalized spacial score (nSPS) is 29.5. The van der Waals surface area contributed by atoms with Crippen LogP contribution in [0.3, 0.4) is 0 Å². The van der Waals surface area contributed by atoms with Crippen LogP contribution in [-0.2, 0) is 9.53 Å². The van der Waals surface area contributed by atoms with Crippen molar-refractivity contribution in [2.45, 2.75) is 82.2 Å². The molecule has 1 aromatic rings. The van der Waals surface area contributed by atoms with Gasteiger partial charge in [0.15, 0.2) is 5.78 Å². The Labute approximate surface area is 157 Å². The van der Waals surface area contributed by atoms with Crippen LogP contribution >= 0.6 is 11.8 Å². The molecule has 1 saturated carbocycles. The summed E-state index contributed by atoms with van der Waals surface area (Å²) in [6, 6.07) is 10.5. The summed E-state index contributed by atoms with van der Waals surface area (Å²) in [5.74, 6) is 2.34. The minimum absolute atomic E-state index is 0.139. The Morgan fingerprint density at radius 3 is 2.64 bits per heavy atom. The summed E-state index contributed by atoms with van der Waals surface area (Å²) >= 11 is 2.06. The summed E-state index contributed by atoms with van der Waals surface area (Å²) in [7, 11) is 0. The lowest BCUT2D eigenvalue weighted by Crippen LogP contribution is -2.51. The Morgan fingerprint density at radius 2 is 2.00 bits per heavy atom. The van der Waals surface area contributed by atoms with E-state index in [1.807, 2.05) is 6.07 Å². The fraction of sp³-hybridized carbons (Fsp3) is 0.682. The average Bonchev–Trinajstić information content (AvgIpc) is 2.67. The standard InChI is InChI=1S/C22H32O2S/c1-3-8-17(16-9-6-5-7-10-16)14-19(23)22-18-11-12-20(24-22)21(15-18)25-13-4-2/h5-7,9-10,17-18,20-22H,3-4,8,11-15H2,1-2H3. The second-order valence-corrected chi connectivity index (χ2v) is 8.99. The van der Waals surface area contributed by atoms with Gasteiger partial charge >= 0.3 is 0 Å². The van der Waals surface area contributed by atoms with Gasteiger partial charge in [0.05, 0.1) is 6.10 Å². The van der Waals surface area contributed by atoms with Crippen LogP contribution in [0.15, 0.2) is 30.3 Å². The van der Waals surface area contributed by atoms with Gasteiger partial charge in [-0.15, -0.1) is 0 Å². The molecule has 2 saturated heterocycles. The first-order valence-electron chi connectivity index (χ1n) is 10.1. The number of carbonyl (C=O) groups is 1. The summed E-state index contributed by atoms with van der Waals surface area (Å²) in [4.78, 5) is 13.0. The van der Waals surface area contributed by atoms with Crippen molar-refractivity contribution < 1.29 is 9.53 Å². The number of ketones is 1. The van der Waals surface area contributed by atoms with E-state index < -0.39 is 0 Å². The van der Waals surface area contributed by atoms with Crippen molar-refractivity contribution in [3.8, 4) is 0 Å². The predicted octanol–water partition coefficient (Wildman–Crippen LogP) is 5.61. The van der Waals surface area contributed by atoms with Crippen molar-refractivity contribution in [2.75, 3.05) is 5.75 Å². The van der Waals surface area contributed by atoms with E-state index in [2.05, 4.69) is 49.9 Å². The first kappa shape index (κ1) is 19.0. The number of benzene rings is 1. The summed E-state index contributed by atoms with van der Waals surface area (Å²) in [5.41, 5.74) is 1.30. The molecule has 5 atom stereocenters. The summed E-state index contributed by atoms with van der Waals surface area (Å²) in [6.45, 7) is 4.44. The Morgan fingerprint density at radius 1 is 1.20 bits per heavy atom. The maximum Gasteiger partial charge on any atom is 0.162 e.